The van der Waals surface area contributed by atoms with E-state index in [0.717, 1.165) is 29.8 Å². The highest BCUT2D eigenvalue weighted by Crippen LogP contribution is 2.29. The monoisotopic (exact) mass is 451 g/mol. The van der Waals surface area contributed by atoms with Gasteiger partial charge in [0.1, 0.15) is 12.2 Å². The van der Waals surface area contributed by atoms with E-state index < -0.39 is 5.97 Å². The number of carboxylic acid groups (broad SMARTS) is 1. The number of rotatable bonds is 9. The summed E-state index contributed by atoms with van der Waals surface area (Å²) >= 11 is 0. The lowest BCUT2D eigenvalue weighted by Crippen LogP contribution is -2.38. The topological polar surface area (TPSA) is 97.0 Å². The number of aromatic carboxylic acids is 1. The largest absolute Gasteiger partial charge is 0.477 e. The van der Waals surface area contributed by atoms with E-state index >= 15 is 0 Å². The highest BCUT2D eigenvalue weighted by Gasteiger charge is 2.25. The quantitative estimate of drug-likeness (QED) is 0.516. The van der Waals surface area contributed by atoms with E-state index in [2.05, 4.69) is 10.00 Å². The fourth-order valence-corrected chi connectivity index (χ4v) is 4.03. The van der Waals surface area contributed by atoms with Crippen LogP contribution in [0.25, 0.3) is 16.8 Å². The molecule has 0 aliphatic carbocycles. The predicted octanol–water partition coefficient (Wildman–Crippen LogP) is 3.00. The van der Waals surface area contributed by atoms with Crippen LogP contribution in [0.3, 0.4) is 0 Å². The van der Waals surface area contributed by atoms with Crippen LogP contribution in [0.4, 0.5) is 0 Å². The summed E-state index contributed by atoms with van der Waals surface area (Å²) in [7, 11) is 0. The van der Waals surface area contributed by atoms with Crippen molar-refractivity contribution >= 4 is 5.97 Å². The van der Waals surface area contributed by atoms with Crippen LogP contribution in [0.1, 0.15) is 28.5 Å². The summed E-state index contributed by atoms with van der Waals surface area (Å²) in [6.07, 6.45) is 0.483. The third-order valence-corrected chi connectivity index (χ3v) is 5.82. The minimum absolute atomic E-state index is 0.0416. The molecule has 33 heavy (non-hydrogen) atoms. The minimum atomic E-state index is -1.05. The van der Waals surface area contributed by atoms with Gasteiger partial charge in [-0.3, -0.25) is 4.90 Å². The molecule has 174 valence electrons. The van der Waals surface area contributed by atoms with Crippen molar-refractivity contribution in [2.75, 3.05) is 39.5 Å². The number of benzene rings is 2. The summed E-state index contributed by atoms with van der Waals surface area (Å²) in [5.41, 5.74) is 4.06. The third-order valence-electron chi connectivity index (χ3n) is 5.82. The predicted molar refractivity (Wildman–Crippen MR) is 124 cm³/mol. The highest BCUT2D eigenvalue weighted by molar-refractivity contribution is 5.92. The molecule has 0 bridgehead atoms. The van der Waals surface area contributed by atoms with Crippen molar-refractivity contribution in [1.29, 1.82) is 0 Å². The van der Waals surface area contributed by atoms with Crippen LogP contribution in [0.2, 0.25) is 0 Å². The number of aliphatic hydroxyl groups excluding tert-OH is 1. The van der Waals surface area contributed by atoms with Gasteiger partial charge in [-0.15, -0.1) is 0 Å². The summed E-state index contributed by atoms with van der Waals surface area (Å²) in [6.45, 7) is 5.96. The van der Waals surface area contributed by atoms with Gasteiger partial charge >= 0.3 is 5.97 Å². The molecule has 8 nitrogen and oxygen atoms in total. The van der Waals surface area contributed by atoms with Crippen molar-refractivity contribution in [2.45, 2.75) is 20.0 Å². The Kier molecular flexibility index (Phi) is 7.39. The molecule has 3 aromatic rings. The van der Waals surface area contributed by atoms with Crippen molar-refractivity contribution in [2.24, 2.45) is 0 Å². The number of aliphatic hydroxyl groups is 1. The first-order chi connectivity index (χ1) is 16.1. The van der Waals surface area contributed by atoms with Gasteiger partial charge in [0.15, 0.2) is 0 Å². The SMILES string of the molecule is CCc1nn(-c2ccc(-c3ccccc3CO)cc2)c(OCCN2CCOCC2)c1C(=O)O. The van der Waals surface area contributed by atoms with Gasteiger partial charge in [-0.1, -0.05) is 43.3 Å². The molecule has 0 atom stereocenters. The highest BCUT2D eigenvalue weighted by atomic mass is 16.5. The van der Waals surface area contributed by atoms with Crippen molar-refractivity contribution < 1.29 is 24.5 Å². The molecule has 0 unspecified atom stereocenters. The number of ether oxygens (including phenoxy) is 2. The van der Waals surface area contributed by atoms with Crippen LogP contribution in [0.5, 0.6) is 5.88 Å². The Labute approximate surface area is 193 Å². The Hall–Kier alpha value is -3.20. The van der Waals surface area contributed by atoms with E-state index in [0.29, 0.717) is 44.2 Å². The van der Waals surface area contributed by atoms with E-state index in [9.17, 15) is 15.0 Å². The van der Waals surface area contributed by atoms with E-state index in [-0.39, 0.29) is 18.1 Å². The van der Waals surface area contributed by atoms with Crippen LogP contribution in [0.15, 0.2) is 48.5 Å². The summed E-state index contributed by atoms with van der Waals surface area (Å²) < 4.78 is 13.0. The standard InChI is InChI=1S/C25H29N3O5/c1-2-22-23(25(30)31)24(33-16-13-27-11-14-32-15-12-27)28(26-22)20-9-7-18(8-10-20)21-6-4-3-5-19(21)17-29/h3-10,29H,2,11-17H2,1H3,(H,30,31). The maximum absolute atomic E-state index is 12.0. The van der Waals surface area contributed by atoms with Gasteiger partial charge in [-0.2, -0.15) is 5.10 Å². The molecule has 0 saturated carbocycles. The van der Waals surface area contributed by atoms with Gasteiger partial charge in [0.25, 0.3) is 0 Å². The lowest BCUT2D eigenvalue weighted by molar-refractivity contribution is 0.0317. The van der Waals surface area contributed by atoms with Crippen LogP contribution >= 0.6 is 0 Å². The first kappa shape index (κ1) is 23.0. The average molecular weight is 452 g/mol. The third kappa shape index (κ3) is 5.08. The Morgan fingerprint density at radius 2 is 1.85 bits per heavy atom. The van der Waals surface area contributed by atoms with Crippen LogP contribution in [-0.2, 0) is 17.8 Å². The van der Waals surface area contributed by atoms with Gasteiger partial charge in [0, 0.05) is 19.6 Å². The first-order valence-corrected chi connectivity index (χ1v) is 11.2. The molecule has 0 radical (unpaired) electrons. The van der Waals surface area contributed by atoms with Crippen LogP contribution in [0, 0.1) is 0 Å². The smallest absolute Gasteiger partial charge is 0.343 e. The number of aryl methyl sites for hydroxylation is 1. The molecule has 2 heterocycles. The summed E-state index contributed by atoms with van der Waals surface area (Å²) in [5, 5.41) is 24.1. The Bertz CT molecular complexity index is 1090. The molecule has 1 aliphatic heterocycles. The van der Waals surface area contributed by atoms with Crippen molar-refractivity contribution in [1.82, 2.24) is 14.7 Å². The number of carboxylic acids is 1. The number of hydrogen-bond donors (Lipinski definition) is 2. The molecule has 1 aromatic heterocycles. The first-order valence-electron chi connectivity index (χ1n) is 11.2. The van der Waals surface area contributed by atoms with Gasteiger partial charge < -0.3 is 19.7 Å². The van der Waals surface area contributed by atoms with Gasteiger partial charge in [0.2, 0.25) is 5.88 Å². The zero-order valence-electron chi connectivity index (χ0n) is 18.7. The molecule has 2 N–H and O–H groups in total. The number of morpholine rings is 1. The lowest BCUT2D eigenvalue weighted by Gasteiger charge is -2.26. The molecule has 1 saturated heterocycles. The Morgan fingerprint density at radius 1 is 1.12 bits per heavy atom. The fraction of sp³-hybridized carbons (Fsp3) is 0.360. The maximum atomic E-state index is 12.0. The second-order valence-electron chi connectivity index (χ2n) is 7.86. The zero-order chi connectivity index (χ0) is 23.2. The molecule has 0 amide bonds. The minimum Gasteiger partial charge on any atom is -0.477 e. The normalized spacial score (nSPS) is 14.4. The molecular weight excluding hydrogens is 422 g/mol. The second kappa shape index (κ2) is 10.6. The van der Waals surface area contributed by atoms with Crippen molar-refractivity contribution in [3.05, 3.63) is 65.4 Å². The van der Waals surface area contributed by atoms with Crippen molar-refractivity contribution in [3.8, 4) is 22.7 Å². The van der Waals surface area contributed by atoms with Crippen LogP contribution < -0.4 is 4.74 Å². The molecule has 2 aromatic carbocycles. The number of aromatic nitrogens is 2. The second-order valence-corrected chi connectivity index (χ2v) is 7.86. The summed E-state index contributed by atoms with van der Waals surface area (Å²) in [5.74, 6) is -0.802. The molecule has 0 spiro atoms. The molecule has 4 rings (SSSR count). The Balaban J connectivity index is 1.62. The molecule has 8 heteroatoms. The average Bonchev–Trinajstić information content (AvgIpc) is 3.23. The summed E-state index contributed by atoms with van der Waals surface area (Å²) in [4.78, 5) is 14.3. The lowest BCUT2D eigenvalue weighted by atomic mass is 10.00. The van der Waals surface area contributed by atoms with E-state index in [1.165, 1.54) is 0 Å². The van der Waals surface area contributed by atoms with Crippen LogP contribution in [-0.4, -0.2) is 70.3 Å². The number of carbonyl (C=O) groups is 1. The summed E-state index contributed by atoms with van der Waals surface area (Å²) in [6, 6.07) is 15.3. The fourth-order valence-electron chi connectivity index (χ4n) is 4.03. The number of nitrogens with zero attached hydrogens (tertiary/aromatic N) is 3. The maximum Gasteiger partial charge on any atom is 0.343 e. The molecule has 1 fully saturated rings. The van der Waals surface area contributed by atoms with Gasteiger partial charge in [-0.05, 0) is 35.2 Å². The van der Waals surface area contributed by atoms with E-state index in [4.69, 9.17) is 9.47 Å². The molecule has 1 aliphatic rings. The zero-order valence-corrected chi connectivity index (χ0v) is 18.7. The number of hydrogen-bond acceptors (Lipinski definition) is 6. The Morgan fingerprint density at radius 3 is 2.52 bits per heavy atom. The van der Waals surface area contributed by atoms with E-state index in [1.807, 2.05) is 55.5 Å². The van der Waals surface area contributed by atoms with E-state index in [1.54, 1.807) is 4.68 Å². The van der Waals surface area contributed by atoms with Gasteiger partial charge in [0.05, 0.1) is 31.2 Å². The van der Waals surface area contributed by atoms with Gasteiger partial charge in [-0.25, -0.2) is 9.48 Å². The van der Waals surface area contributed by atoms with Crippen molar-refractivity contribution in [3.63, 3.8) is 0 Å². The molecular formula is C25H29N3O5.